The topological polar surface area (TPSA) is 9.23 Å². The first-order chi connectivity index (χ1) is 7.36. The highest BCUT2D eigenvalue weighted by Gasteiger charge is 2.43. The molecule has 0 spiro atoms. The van der Waals surface area contributed by atoms with Crippen molar-refractivity contribution in [3.63, 3.8) is 0 Å². The molecule has 0 heterocycles. The summed E-state index contributed by atoms with van der Waals surface area (Å²) >= 11 is 0. The maximum atomic E-state index is 6.58. The zero-order chi connectivity index (χ0) is 14.1. The molecule has 0 bridgehead atoms. The van der Waals surface area contributed by atoms with Crippen LogP contribution >= 0.6 is 0 Å². The quantitative estimate of drug-likeness (QED) is 0.606. The van der Waals surface area contributed by atoms with Crippen LogP contribution < -0.4 is 0 Å². The van der Waals surface area contributed by atoms with Gasteiger partial charge in [-0.3, -0.25) is 0 Å². The fourth-order valence-corrected chi connectivity index (χ4v) is 7.26. The van der Waals surface area contributed by atoms with Crippen LogP contribution in [0.15, 0.2) is 0 Å². The smallest absolute Gasteiger partial charge is 0.189 e. The molecule has 0 rings (SSSR count). The second-order valence-corrected chi connectivity index (χ2v) is 17.8. The van der Waals surface area contributed by atoms with Gasteiger partial charge in [0.05, 0.1) is 8.07 Å². The summed E-state index contributed by atoms with van der Waals surface area (Å²) in [5.74, 6) is 0. The monoisotopic (exact) mass is 274 g/mol. The van der Waals surface area contributed by atoms with E-state index in [0.717, 1.165) is 5.54 Å². The van der Waals surface area contributed by atoms with Crippen LogP contribution in [0.5, 0.6) is 0 Å². The van der Waals surface area contributed by atoms with Gasteiger partial charge in [0.15, 0.2) is 8.32 Å². The van der Waals surface area contributed by atoms with Crippen molar-refractivity contribution in [3.8, 4) is 0 Å². The maximum absolute atomic E-state index is 6.58. The number of rotatable bonds is 5. The summed E-state index contributed by atoms with van der Waals surface area (Å²) in [4.78, 5) is 0. The van der Waals surface area contributed by atoms with Crippen molar-refractivity contribution in [1.82, 2.24) is 0 Å². The van der Waals surface area contributed by atoms with Gasteiger partial charge in [-0.2, -0.15) is 0 Å². The van der Waals surface area contributed by atoms with Gasteiger partial charge in [-0.15, -0.1) is 0 Å². The molecule has 0 aliphatic rings. The van der Waals surface area contributed by atoms with Gasteiger partial charge < -0.3 is 4.43 Å². The summed E-state index contributed by atoms with van der Waals surface area (Å²) in [7, 11) is -2.89. The Labute approximate surface area is 111 Å². The van der Waals surface area contributed by atoms with Gasteiger partial charge in [0.1, 0.15) is 0 Å². The molecule has 0 amide bonds. The maximum Gasteiger partial charge on any atom is 0.189 e. The second-order valence-electron chi connectivity index (χ2n) is 7.64. The number of hydrogen-bond donors (Lipinski definition) is 0. The SMILES string of the molecule is CCC(C)[Si](C)(C)OC(C)[Si](C)(C)C(C)(C)C. The van der Waals surface area contributed by atoms with Gasteiger partial charge in [0, 0.05) is 5.73 Å². The van der Waals surface area contributed by atoms with Gasteiger partial charge in [0.2, 0.25) is 0 Å². The molecule has 0 radical (unpaired) electrons. The lowest BCUT2D eigenvalue weighted by Gasteiger charge is -2.45. The minimum absolute atomic E-state index is 0.409. The van der Waals surface area contributed by atoms with Gasteiger partial charge in [-0.05, 0) is 30.6 Å². The summed E-state index contributed by atoms with van der Waals surface area (Å²) in [6, 6.07) is 0. The van der Waals surface area contributed by atoms with Crippen molar-refractivity contribution in [2.24, 2.45) is 0 Å². The first-order valence-electron chi connectivity index (χ1n) is 7.04. The highest BCUT2D eigenvalue weighted by molar-refractivity contribution is 6.82. The largest absolute Gasteiger partial charge is 0.417 e. The fraction of sp³-hybridized carbons (Fsp3) is 1.00. The Morgan fingerprint density at radius 1 is 1.00 bits per heavy atom. The average Bonchev–Trinajstić information content (AvgIpc) is 2.13. The average molecular weight is 275 g/mol. The second kappa shape index (κ2) is 5.58. The van der Waals surface area contributed by atoms with Gasteiger partial charge >= 0.3 is 0 Å². The Hall–Kier alpha value is 0.394. The van der Waals surface area contributed by atoms with E-state index in [1.54, 1.807) is 0 Å². The highest BCUT2D eigenvalue weighted by atomic mass is 28.4. The van der Waals surface area contributed by atoms with Crippen molar-refractivity contribution in [2.45, 2.75) is 90.5 Å². The molecule has 2 atom stereocenters. The molecule has 0 fully saturated rings. The van der Waals surface area contributed by atoms with Crippen LogP contribution in [0.4, 0.5) is 0 Å². The van der Waals surface area contributed by atoms with E-state index >= 15 is 0 Å². The van der Waals surface area contributed by atoms with Crippen LogP contribution in [-0.2, 0) is 4.43 Å². The third kappa shape index (κ3) is 4.21. The molecule has 0 aromatic rings. The van der Waals surface area contributed by atoms with Crippen LogP contribution in [0, 0.1) is 0 Å². The van der Waals surface area contributed by atoms with Crippen LogP contribution in [0.25, 0.3) is 0 Å². The minimum Gasteiger partial charge on any atom is -0.417 e. The third-order valence-electron chi connectivity index (χ3n) is 5.23. The van der Waals surface area contributed by atoms with Crippen LogP contribution in [0.3, 0.4) is 0 Å². The van der Waals surface area contributed by atoms with Crippen LogP contribution in [0.1, 0.15) is 48.0 Å². The Morgan fingerprint density at radius 3 is 1.71 bits per heavy atom. The van der Waals surface area contributed by atoms with E-state index in [2.05, 4.69) is 67.7 Å². The van der Waals surface area contributed by atoms with Crippen molar-refractivity contribution in [2.75, 3.05) is 0 Å². The number of hydrogen-bond acceptors (Lipinski definition) is 1. The summed E-state index contributed by atoms with van der Waals surface area (Å²) in [5, 5.41) is 0.409. The molecular formula is C14H34OSi2. The zero-order valence-corrected chi connectivity index (χ0v) is 15.8. The molecule has 0 saturated carbocycles. The normalized spacial score (nSPS) is 18.0. The van der Waals surface area contributed by atoms with Crippen molar-refractivity contribution < 1.29 is 4.43 Å². The van der Waals surface area contributed by atoms with E-state index in [1.807, 2.05) is 0 Å². The van der Waals surface area contributed by atoms with E-state index in [0.29, 0.717) is 10.8 Å². The third-order valence-corrected chi connectivity index (χ3v) is 15.2. The van der Waals surface area contributed by atoms with E-state index < -0.39 is 16.4 Å². The van der Waals surface area contributed by atoms with Gasteiger partial charge in [0.25, 0.3) is 0 Å². The molecule has 0 aliphatic carbocycles. The summed E-state index contributed by atoms with van der Waals surface area (Å²) in [5.41, 5.74) is 1.20. The molecule has 17 heavy (non-hydrogen) atoms. The van der Waals surface area contributed by atoms with Crippen molar-refractivity contribution in [3.05, 3.63) is 0 Å². The summed E-state index contributed by atoms with van der Waals surface area (Å²) in [6.45, 7) is 23.8. The molecule has 104 valence electrons. The zero-order valence-electron chi connectivity index (χ0n) is 13.8. The first-order valence-corrected chi connectivity index (χ1v) is 13.1. The lowest BCUT2D eigenvalue weighted by Crippen LogP contribution is -2.53. The summed E-state index contributed by atoms with van der Waals surface area (Å²) < 4.78 is 6.58. The standard InChI is InChI=1S/C14H34OSi2/c1-11-12(2)17(9,10)15-13(3)16(7,8)14(4,5)6/h12-13H,11H2,1-10H3. The summed E-state index contributed by atoms with van der Waals surface area (Å²) in [6.07, 6.45) is 1.24. The lowest BCUT2D eigenvalue weighted by molar-refractivity contribution is 0.264. The molecule has 0 saturated heterocycles. The van der Waals surface area contributed by atoms with E-state index in [-0.39, 0.29) is 0 Å². The molecule has 1 nitrogen and oxygen atoms in total. The predicted molar refractivity (Wildman–Crippen MR) is 84.9 cm³/mol. The first kappa shape index (κ1) is 17.4. The van der Waals surface area contributed by atoms with Gasteiger partial charge in [-0.25, -0.2) is 0 Å². The molecule has 0 N–H and O–H groups in total. The Kier molecular flexibility index (Phi) is 5.71. The Bertz CT molecular complexity index is 241. The van der Waals surface area contributed by atoms with Crippen molar-refractivity contribution >= 4 is 16.4 Å². The molecule has 2 unspecified atom stereocenters. The van der Waals surface area contributed by atoms with E-state index in [9.17, 15) is 0 Å². The van der Waals surface area contributed by atoms with Crippen LogP contribution in [-0.4, -0.2) is 22.1 Å². The van der Waals surface area contributed by atoms with Crippen LogP contribution in [0.2, 0.25) is 36.8 Å². The predicted octanol–water partition coefficient (Wildman–Crippen LogP) is 5.44. The molecular weight excluding hydrogens is 240 g/mol. The van der Waals surface area contributed by atoms with Gasteiger partial charge in [-0.1, -0.05) is 54.1 Å². The van der Waals surface area contributed by atoms with E-state index in [4.69, 9.17) is 4.43 Å². The molecule has 0 aromatic heterocycles. The van der Waals surface area contributed by atoms with Crippen molar-refractivity contribution in [1.29, 1.82) is 0 Å². The fourth-order valence-electron chi connectivity index (χ4n) is 1.82. The Morgan fingerprint density at radius 2 is 1.41 bits per heavy atom. The minimum atomic E-state index is -1.52. The van der Waals surface area contributed by atoms with E-state index in [1.165, 1.54) is 6.42 Å². The molecule has 3 heteroatoms. The molecule has 0 aliphatic heterocycles. The Balaban J connectivity index is 4.81. The lowest BCUT2D eigenvalue weighted by atomic mass is 10.2. The molecule has 0 aromatic carbocycles. The highest BCUT2D eigenvalue weighted by Crippen LogP contribution is 2.40.